The first-order valence-corrected chi connectivity index (χ1v) is 12.3. The lowest BCUT2D eigenvalue weighted by Crippen LogP contribution is -2.51. The van der Waals surface area contributed by atoms with Gasteiger partial charge in [0.2, 0.25) is 5.91 Å². The number of anilines is 1. The van der Waals surface area contributed by atoms with Crippen LogP contribution in [-0.2, 0) is 14.3 Å². The van der Waals surface area contributed by atoms with Crippen LogP contribution in [0.1, 0.15) is 44.9 Å². The van der Waals surface area contributed by atoms with Gasteiger partial charge in [0.05, 0.1) is 0 Å². The highest BCUT2D eigenvalue weighted by Gasteiger charge is 2.34. The fraction of sp³-hybridized carbons (Fsp3) is 0.300. The molecule has 0 aromatic heterocycles. The van der Waals surface area contributed by atoms with E-state index in [0.717, 1.165) is 16.3 Å². The molecule has 0 aliphatic rings. The van der Waals surface area contributed by atoms with Crippen LogP contribution < -0.4 is 10.6 Å². The molecule has 2 unspecified atom stereocenters. The fourth-order valence-electron chi connectivity index (χ4n) is 3.96. The SMILES string of the molecule is C=CCN(C(=O)C(C)NC(=O)OC(C)(C)C)C(C(=O)Nc1ccc2ccccc2c1)c1ccc(C)cc1. The van der Waals surface area contributed by atoms with Gasteiger partial charge in [0.15, 0.2) is 0 Å². The Morgan fingerprint density at radius 3 is 2.27 bits per heavy atom. The Morgan fingerprint density at radius 1 is 1.00 bits per heavy atom. The number of fused-ring (bicyclic) bond motifs is 1. The van der Waals surface area contributed by atoms with E-state index in [1.54, 1.807) is 33.8 Å². The zero-order valence-corrected chi connectivity index (χ0v) is 22.1. The molecule has 0 aliphatic heterocycles. The minimum Gasteiger partial charge on any atom is -0.444 e. The van der Waals surface area contributed by atoms with Gasteiger partial charge in [-0.25, -0.2) is 4.79 Å². The van der Waals surface area contributed by atoms with Gasteiger partial charge in [0.1, 0.15) is 17.7 Å². The van der Waals surface area contributed by atoms with Crippen molar-refractivity contribution >= 4 is 34.4 Å². The molecule has 194 valence electrons. The molecule has 2 N–H and O–H groups in total. The second-order valence-electron chi connectivity index (χ2n) is 10.0. The molecule has 3 rings (SSSR count). The van der Waals surface area contributed by atoms with E-state index in [2.05, 4.69) is 17.2 Å². The summed E-state index contributed by atoms with van der Waals surface area (Å²) in [5, 5.41) is 7.60. The van der Waals surface area contributed by atoms with Crippen molar-refractivity contribution in [1.82, 2.24) is 10.2 Å². The molecule has 0 aliphatic carbocycles. The van der Waals surface area contributed by atoms with Gasteiger partial charge in [-0.05, 0) is 63.1 Å². The lowest BCUT2D eigenvalue weighted by molar-refractivity contribution is -0.139. The maximum absolute atomic E-state index is 13.7. The van der Waals surface area contributed by atoms with Crippen molar-refractivity contribution in [3.8, 4) is 0 Å². The highest BCUT2D eigenvalue weighted by Crippen LogP contribution is 2.26. The monoisotopic (exact) mass is 501 g/mol. The molecule has 0 spiro atoms. The molecule has 0 radical (unpaired) electrons. The number of amides is 3. The largest absolute Gasteiger partial charge is 0.444 e. The Balaban J connectivity index is 1.92. The van der Waals surface area contributed by atoms with Gasteiger partial charge in [0.25, 0.3) is 5.91 Å². The number of nitrogens with zero attached hydrogens (tertiary/aromatic N) is 1. The predicted octanol–water partition coefficient (Wildman–Crippen LogP) is 5.76. The standard InChI is InChI=1S/C30H35N3O4/c1-7-18-33(28(35)21(3)31-29(36)37-30(4,5)6)26(23-14-12-20(2)13-15-23)27(34)32-25-17-16-22-10-8-9-11-24(22)19-25/h7-17,19,21,26H,1,18H2,2-6H3,(H,31,36)(H,32,34). The van der Waals surface area contributed by atoms with Crippen LogP contribution in [0.15, 0.2) is 79.4 Å². The predicted molar refractivity (Wildman–Crippen MR) is 147 cm³/mol. The summed E-state index contributed by atoms with van der Waals surface area (Å²) in [7, 11) is 0. The van der Waals surface area contributed by atoms with Crippen LogP contribution in [0.4, 0.5) is 10.5 Å². The van der Waals surface area contributed by atoms with E-state index in [9.17, 15) is 14.4 Å². The zero-order chi connectivity index (χ0) is 27.2. The lowest BCUT2D eigenvalue weighted by atomic mass is 10.0. The summed E-state index contributed by atoms with van der Waals surface area (Å²) in [4.78, 5) is 41.0. The van der Waals surface area contributed by atoms with Crippen LogP contribution in [0.2, 0.25) is 0 Å². The van der Waals surface area contributed by atoms with Crippen molar-refractivity contribution < 1.29 is 19.1 Å². The van der Waals surface area contributed by atoms with Crippen LogP contribution in [0.25, 0.3) is 10.8 Å². The molecule has 3 amide bonds. The summed E-state index contributed by atoms with van der Waals surface area (Å²) in [5.74, 6) is -0.816. The molecule has 37 heavy (non-hydrogen) atoms. The van der Waals surface area contributed by atoms with Gasteiger partial charge in [-0.2, -0.15) is 0 Å². The molecule has 0 saturated heterocycles. The van der Waals surface area contributed by atoms with Gasteiger partial charge in [-0.15, -0.1) is 6.58 Å². The Morgan fingerprint density at radius 2 is 1.65 bits per heavy atom. The van der Waals surface area contributed by atoms with E-state index < -0.39 is 29.7 Å². The molecule has 0 saturated carbocycles. The molecule has 3 aromatic rings. The number of alkyl carbamates (subject to hydrolysis) is 1. The quantitative estimate of drug-likeness (QED) is 0.385. The number of benzene rings is 3. The zero-order valence-electron chi connectivity index (χ0n) is 22.1. The van der Waals surface area contributed by atoms with Crippen LogP contribution >= 0.6 is 0 Å². The first-order valence-electron chi connectivity index (χ1n) is 12.3. The van der Waals surface area contributed by atoms with Gasteiger partial charge in [0, 0.05) is 12.2 Å². The normalized spacial score (nSPS) is 12.8. The average molecular weight is 502 g/mol. The highest BCUT2D eigenvalue weighted by atomic mass is 16.6. The van der Waals surface area contributed by atoms with Crippen LogP contribution in [0, 0.1) is 6.92 Å². The van der Waals surface area contributed by atoms with Gasteiger partial charge in [-0.3, -0.25) is 9.59 Å². The van der Waals surface area contributed by atoms with Crippen molar-refractivity contribution in [2.24, 2.45) is 0 Å². The third kappa shape index (κ3) is 7.43. The Bertz CT molecular complexity index is 1280. The summed E-state index contributed by atoms with van der Waals surface area (Å²) in [6.07, 6.45) is 0.849. The molecule has 7 heteroatoms. The van der Waals surface area contributed by atoms with E-state index in [-0.39, 0.29) is 12.5 Å². The number of nitrogens with one attached hydrogen (secondary N) is 2. The molecule has 2 atom stereocenters. The minimum absolute atomic E-state index is 0.100. The van der Waals surface area contributed by atoms with Gasteiger partial charge in [-0.1, -0.05) is 66.2 Å². The van der Waals surface area contributed by atoms with E-state index in [1.807, 2.05) is 73.7 Å². The molecule has 0 fully saturated rings. The number of hydrogen-bond acceptors (Lipinski definition) is 4. The first-order chi connectivity index (χ1) is 17.5. The number of rotatable bonds is 8. The maximum atomic E-state index is 13.7. The smallest absolute Gasteiger partial charge is 0.408 e. The molecule has 0 heterocycles. The van der Waals surface area contributed by atoms with Crippen molar-refractivity contribution in [3.63, 3.8) is 0 Å². The second kappa shape index (κ2) is 11.7. The van der Waals surface area contributed by atoms with Gasteiger partial charge < -0.3 is 20.3 Å². The summed E-state index contributed by atoms with van der Waals surface area (Å²) < 4.78 is 5.30. The van der Waals surface area contributed by atoms with Crippen LogP contribution in [0.5, 0.6) is 0 Å². The number of aryl methyl sites for hydroxylation is 1. The highest BCUT2D eigenvalue weighted by molar-refractivity contribution is 6.00. The van der Waals surface area contributed by atoms with E-state index >= 15 is 0 Å². The van der Waals surface area contributed by atoms with Gasteiger partial charge >= 0.3 is 6.09 Å². The Kier molecular flexibility index (Phi) is 8.71. The fourth-order valence-corrected chi connectivity index (χ4v) is 3.96. The molecule has 0 bridgehead atoms. The topological polar surface area (TPSA) is 87.7 Å². The summed E-state index contributed by atoms with van der Waals surface area (Å²) in [6, 6.07) is 19.1. The van der Waals surface area contributed by atoms with Crippen molar-refractivity contribution in [2.45, 2.75) is 52.3 Å². The van der Waals surface area contributed by atoms with Crippen molar-refractivity contribution in [3.05, 3.63) is 90.5 Å². The summed E-state index contributed by atoms with van der Waals surface area (Å²) in [5.41, 5.74) is 1.58. The summed E-state index contributed by atoms with van der Waals surface area (Å²) in [6.45, 7) is 12.6. The van der Waals surface area contributed by atoms with Crippen molar-refractivity contribution in [2.75, 3.05) is 11.9 Å². The molecular weight excluding hydrogens is 466 g/mol. The number of carbonyl (C=O) groups is 3. The Hall–Kier alpha value is -4.13. The first kappa shape index (κ1) is 27.5. The second-order valence-corrected chi connectivity index (χ2v) is 10.0. The van der Waals surface area contributed by atoms with Crippen LogP contribution in [0.3, 0.4) is 0 Å². The molecule has 7 nitrogen and oxygen atoms in total. The third-order valence-electron chi connectivity index (χ3n) is 5.68. The maximum Gasteiger partial charge on any atom is 0.408 e. The van der Waals surface area contributed by atoms with Crippen LogP contribution in [-0.4, -0.2) is 41.0 Å². The molecule has 3 aromatic carbocycles. The van der Waals surface area contributed by atoms with E-state index in [0.29, 0.717) is 11.3 Å². The number of hydrogen-bond donors (Lipinski definition) is 2. The van der Waals surface area contributed by atoms with E-state index in [4.69, 9.17) is 4.74 Å². The molecular formula is C30H35N3O4. The number of ether oxygens (including phenoxy) is 1. The van der Waals surface area contributed by atoms with Crippen molar-refractivity contribution in [1.29, 1.82) is 0 Å². The lowest BCUT2D eigenvalue weighted by Gasteiger charge is -2.33. The average Bonchev–Trinajstić information content (AvgIpc) is 2.83. The summed E-state index contributed by atoms with van der Waals surface area (Å²) >= 11 is 0. The van der Waals surface area contributed by atoms with E-state index in [1.165, 1.54) is 4.90 Å². The third-order valence-corrected chi connectivity index (χ3v) is 5.68. The Labute approximate surface area is 218 Å². The minimum atomic E-state index is -0.958. The number of carbonyl (C=O) groups excluding carboxylic acids is 3.